The summed E-state index contributed by atoms with van der Waals surface area (Å²) in [4.78, 5) is 21.8. The summed E-state index contributed by atoms with van der Waals surface area (Å²) in [6.45, 7) is 5.23. The third-order valence-corrected chi connectivity index (χ3v) is 2.68. The lowest BCUT2D eigenvalue weighted by Crippen LogP contribution is -2.53. The standard InChI is InChI=1S/C11H16N4O2/c1-7-5-8(2)14-11(13-7)15-3-4-17-6-9(15)10(12)16/h5,9H,3-4,6H2,1-2H3,(H2,12,16). The van der Waals surface area contributed by atoms with Crippen LogP contribution in [0.4, 0.5) is 5.95 Å². The van der Waals surface area contributed by atoms with Gasteiger partial charge in [-0.3, -0.25) is 4.79 Å². The number of rotatable bonds is 2. The summed E-state index contributed by atoms with van der Waals surface area (Å²) in [5.74, 6) is 0.141. The zero-order valence-corrected chi connectivity index (χ0v) is 10.0. The molecule has 0 aromatic carbocycles. The average molecular weight is 236 g/mol. The van der Waals surface area contributed by atoms with Crippen LogP contribution in [0.1, 0.15) is 11.4 Å². The summed E-state index contributed by atoms with van der Waals surface area (Å²) < 4.78 is 5.26. The van der Waals surface area contributed by atoms with Crippen LogP contribution in [0.15, 0.2) is 6.07 Å². The smallest absolute Gasteiger partial charge is 0.242 e. The van der Waals surface area contributed by atoms with Crippen LogP contribution in [0.5, 0.6) is 0 Å². The third kappa shape index (κ3) is 2.52. The number of aryl methyl sites for hydroxylation is 2. The highest BCUT2D eigenvalue weighted by Crippen LogP contribution is 2.16. The molecule has 2 N–H and O–H groups in total. The van der Waals surface area contributed by atoms with E-state index in [-0.39, 0.29) is 0 Å². The molecule has 1 atom stereocenters. The zero-order valence-electron chi connectivity index (χ0n) is 10.0. The molecule has 1 unspecified atom stereocenters. The van der Waals surface area contributed by atoms with Crippen LogP contribution in [0, 0.1) is 13.8 Å². The van der Waals surface area contributed by atoms with E-state index in [2.05, 4.69) is 9.97 Å². The van der Waals surface area contributed by atoms with Crippen LogP contribution >= 0.6 is 0 Å². The van der Waals surface area contributed by atoms with Crippen molar-refractivity contribution in [1.29, 1.82) is 0 Å². The van der Waals surface area contributed by atoms with E-state index in [9.17, 15) is 4.79 Å². The number of hydrogen-bond acceptors (Lipinski definition) is 5. The van der Waals surface area contributed by atoms with Gasteiger partial charge in [0.25, 0.3) is 0 Å². The lowest BCUT2D eigenvalue weighted by molar-refractivity contribution is -0.121. The highest BCUT2D eigenvalue weighted by atomic mass is 16.5. The number of aromatic nitrogens is 2. The molecule has 6 heteroatoms. The van der Waals surface area contributed by atoms with E-state index in [4.69, 9.17) is 10.5 Å². The van der Waals surface area contributed by atoms with Crippen molar-refractivity contribution in [2.75, 3.05) is 24.7 Å². The average Bonchev–Trinajstić information content (AvgIpc) is 2.27. The Hall–Kier alpha value is -1.69. The Morgan fingerprint density at radius 3 is 2.71 bits per heavy atom. The molecule has 0 aliphatic carbocycles. The minimum absolute atomic E-state index is 0.297. The first-order valence-electron chi connectivity index (χ1n) is 5.54. The Kier molecular flexibility index (Phi) is 3.23. The van der Waals surface area contributed by atoms with E-state index in [0.717, 1.165) is 11.4 Å². The topological polar surface area (TPSA) is 81.3 Å². The zero-order chi connectivity index (χ0) is 12.4. The summed E-state index contributed by atoms with van der Waals surface area (Å²) in [5.41, 5.74) is 7.11. The van der Waals surface area contributed by atoms with Crippen LogP contribution in [0.25, 0.3) is 0 Å². The fourth-order valence-corrected chi connectivity index (χ4v) is 1.91. The first-order chi connectivity index (χ1) is 8.08. The molecule has 1 amide bonds. The van der Waals surface area contributed by atoms with Crippen molar-refractivity contribution < 1.29 is 9.53 Å². The Labute approximate surface area is 99.8 Å². The second-order valence-corrected chi connectivity index (χ2v) is 4.14. The number of primary amides is 1. The van der Waals surface area contributed by atoms with E-state index >= 15 is 0 Å². The van der Waals surface area contributed by atoms with Crippen molar-refractivity contribution in [1.82, 2.24) is 9.97 Å². The normalized spacial score (nSPS) is 20.4. The molecule has 0 spiro atoms. The van der Waals surface area contributed by atoms with Crippen molar-refractivity contribution in [3.05, 3.63) is 17.5 Å². The maximum Gasteiger partial charge on any atom is 0.242 e. The van der Waals surface area contributed by atoms with Crippen LogP contribution in [-0.4, -0.2) is 41.7 Å². The van der Waals surface area contributed by atoms with E-state index in [1.165, 1.54) is 0 Å². The van der Waals surface area contributed by atoms with Crippen LogP contribution in [-0.2, 0) is 9.53 Å². The Bertz CT molecular complexity index is 415. The van der Waals surface area contributed by atoms with Gasteiger partial charge in [0, 0.05) is 17.9 Å². The second-order valence-electron chi connectivity index (χ2n) is 4.14. The molecule has 1 aromatic rings. The van der Waals surface area contributed by atoms with Gasteiger partial charge < -0.3 is 15.4 Å². The Morgan fingerprint density at radius 2 is 2.12 bits per heavy atom. The molecule has 0 saturated carbocycles. The first kappa shape index (κ1) is 11.8. The summed E-state index contributed by atoms with van der Waals surface area (Å²) in [7, 11) is 0. The highest BCUT2D eigenvalue weighted by molar-refractivity contribution is 5.83. The minimum atomic E-state index is -0.482. The van der Waals surface area contributed by atoms with Crippen molar-refractivity contribution >= 4 is 11.9 Å². The SMILES string of the molecule is Cc1cc(C)nc(N2CCOCC2C(N)=O)n1. The van der Waals surface area contributed by atoms with E-state index < -0.39 is 11.9 Å². The number of carbonyl (C=O) groups is 1. The van der Waals surface area contributed by atoms with Gasteiger partial charge in [-0.15, -0.1) is 0 Å². The maximum absolute atomic E-state index is 11.4. The first-order valence-corrected chi connectivity index (χ1v) is 5.54. The number of hydrogen-bond donors (Lipinski definition) is 1. The van der Waals surface area contributed by atoms with E-state index in [1.54, 1.807) is 0 Å². The third-order valence-electron chi connectivity index (χ3n) is 2.68. The van der Waals surface area contributed by atoms with Gasteiger partial charge in [-0.05, 0) is 19.9 Å². The molecule has 2 heterocycles. The summed E-state index contributed by atoms with van der Waals surface area (Å²) in [6, 6.07) is 1.41. The van der Waals surface area contributed by atoms with Gasteiger partial charge in [-0.1, -0.05) is 0 Å². The molecule has 1 saturated heterocycles. The number of amides is 1. The molecule has 1 aliphatic rings. The molecule has 92 valence electrons. The molecule has 6 nitrogen and oxygen atoms in total. The van der Waals surface area contributed by atoms with Gasteiger partial charge >= 0.3 is 0 Å². The van der Waals surface area contributed by atoms with Crippen molar-refractivity contribution in [2.24, 2.45) is 5.73 Å². The summed E-state index contributed by atoms with van der Waals surface area (Å²) in [6.07, 6.45) is 0. The highest BCUT2D eigenvalue weighted by Gasteiger charge is 2.29. The Balaban J connectivity index is 2.32. The fourth-order valence-electron chi connectivity index (χ4n) is 1.91. The minimum Gasteiger partial charge on any atom is -0.377 e. The molecule has 1 aliphatic heterocycles. The number of anilines is 1. The van der Waals surface area contributed by atoms with Crippen LogP contribution in [0.3, 0.4) is 0 Å². The molecule has 0 bridgehead atoms. The molecular formula is C11H16N4O2. The largest absolute Gasteiger partial charge is 0.377 e. The lowest BCUT2D eigenvalue weighted by atomic mass is 10.2. The second kappa shape index (κ2) is 4.67. The fraction of sp³-hybridized carbons (Fsp3) is 0.545. The van der Waals surface area contributed by atoms with Gasteiger partial charge in [-0.2, -0.15) is 0 Å². The van der Waals surface area contributed by atoms with Crippen molar-refractivity contribution in [3.63, 3.8) is 0 Å². The van der Waals surface area contributed by atoms with Gasteiger partial charge in [0.05, 0.1) is 13.2 Å². The molecule has 0 radical (unpaired) electrons. The number of carbonyl (C=O) groups excluding carboxylic acids is 1. The molecule has 1 fully saturated rings. The predicted molar refractivity (Wildman–Crippen MR) is 62.7 cm³/mol. The van der Waals surface area contributed by atoms with E-state index in [0.29, 0.717) is 25.7 Å². The quantitative estimate of drug-likeness (QED) is 0.768. The Morgan fingerprint density at radius 1 is 1.47 bits per heavy atom. The summed E-state index contributed by atoms with van der Waals surface area (Å²) in [5, 5.41) is 0. The molecular weight excluding hydrogens is 220 g/mol. The van der Waals surface area contributed by atoms with Crippen molar-refractivity contribution in [2.45, 2.75) is 19.9 Å². The summed E-state index contributed by atoms with van der Waals surface area (Å²) >= 11 is 0. The number of ether oxygens (including phenoxy) is 1. The molecule has 1 aromatic heterocycles. The van der Waals surface area contributed by atoms with Crippen LogP contribution < -0.4 is 10.6 Å². The number of morpholine rings is 1. The molecule has 2 rings (SSSR count). The number of nitrogens with two attached hydrogens (primary N) is 1. The predicted octanol–water partition coefficient (Wildman–Crippen LogP) is -0.216. The van der Waals surface area contributed by atoms with Crippen LogP contribution in [0.2, 0.25) is 0 Å². The monoisotopic (exact) mass is 236 g/mol. The van der Waals surface area contributed by atoms with Gasteiger partial charge in [-0.25, -0.2) is 9.97 Å². The van der Waals surface area contributed by atoms with Gasteiger partial charge in [0.1, 0.15) is 6.04 Å². The number of nitrogens with zero attached hydrogens (tertiary/aromatic N) is 3. The van der Waals surface area contributed by atoms with Crippen molar-refractivity contribution in [3.8, 4) is 0 Å². The van der Waals surface area contributed by atoms with E-state index in [1.807, 2.05) is 24.8 Å². The lowest BCUT2D eigenvalue weighted by Gasteiger charge is -2.33. The molecule has 17 heavy (non-hydrogen) atoms. The maximum atomic E-state index is 11.4. The van der Waals surface area contributed by atoms with Gasteiger partial charge in [0.2, 0.25) is 11.9 Å². The van der Waals surface area contributed by atoms with Gasteiger partial charge in [0.15, 0.2) is 0 Å².